The Kier molecular flexibility index (Phi) is 5.17. The predicted molar refractivity (Wildman–Crippen MR) is 120 cm³/mol. The minimum atomic E-state index is -0.385. The number of hydrogen-bond acceptors (Lipinski definition) is 4. The quantitative estimate of drug-likeness (QED) is 0.463. The number of aryl methyl sites for hydroxylation is 2. The first-order valence-corrected chi connectivity index (χ1v) is 10.9. The van der Waals surface area contributed by atoms with Crippen LogP contribution in [-0.2, 0) is 17.9 Å². The van der Waals surface area contributed by atoms with Crippen molar-refractivity contribution in [2.75, 3.05) is 5.32 Å². The number of hydrogen-bond donors (Lipinski definition) is 1. The number of rotatable bonds is 6. The number of benzene rings is 1. The fourth-order valence-electron chi connectivity index (χ4n) is 4.02. The van der Waals surface area contributed by atoms with Gasteiger partial charge in [0.25, 0.3) is 0 Å². The zero-order chi connectivity index (χ0) is 22.4. The van der Waals surface area contributed by atoms with Gasteiger partial charge >= 0.3 is 0 Å². The Bertz CT molecular complexity index is 1340. The molecule has 3 heterocycles. The Hall–Kier alpha value is -3.26. The van der Waals surface area contributed by atoms with Gasteiger partial charge in [0.15, 0.2) is 11.5 Å². The van der Waals surface area contributed by atoms with E-state index in [1.54, 1.807) is 27.7 Å². The van der Waals surface area contributed by atoms with Gasteiger partial charge in [-0.25, -0.2) is 14.1 Å². The third-order valence-corrected chi connectivity index (χ3v) is 6.09. The molecule has 1 N–H and O–H groups in total. The number of nitrogens with one attached hydrogen (secondary N) is 1. The summed E-state index contributed by atoms with van der Waals surface area (Å²) < 4.78 is 16.7. The summed E-state index contributed by atoms with van der Waals surface area (Å²) in [6, 6.07) is 8.11. The van der Waals surface area contributed by atoms with Crippen LogP contribution in [0.15, 0.2) is 36.5 Å². The monoisotopic (exact) mass is 452 g/mol. The first kappa shape index (κ1) is 20.6. The van der Waals surface area contributed by atoms with E-state index in [4.69, 9.17) is 11.6 Å². The average Bonchev–Trinajstić information content (AvgIpc) is 3.47. The topological polar surface area (TPSA) is 77.6 Å². The van der Waals surface area contributed by atoms with Crippen molar-refractivity contribution in [2.45, 2.75) is 45.7 Å². The van der Waals surface area contributed by atoms with Crippen molar-refractivity contribution < 1.29 is 9.18 Å². The number of aromatic nitrogens is 5. The number of fused-ring (bicyclic) bond motifs is 1. The van der Waals surface area contributed by atoms with Gasteiger partial charge in [-0.1, -0.05) is 17.7 Å². The van der Waals surface area contributed by atoms with Crippen molar-refractivity contribution >= 4 is 34.4 Å². The van der Waals surface area contributed by atoms with Crippen LogP contribution in [0.25, 0.3) is 11.0 Å². The molecule has 0 radical (unpaired) electrons. The molecule has 1 fully saturated rings. The van der Waals surface area contributed by atoms with Gasteiger partial charge in [-0.3, -0.25) is 9.48 Å². The second kappa shape index (κ2) is 8.02. The molecule has 0 atom stereocenters. The molecule has 32 heavy (non-hydrogen) atoms. The second-order valence-electron chi connectivity index (χ2n) is 8.23. The minimum Gasteiger partial charge on any atom is -0.308 e. The third-order valence-electron chi connectivity index (χ3n) is 5.73. The highest BCUT2D eigenvalue weighted by molar-refractivity contribution is 6.31. The van der Waals surface area contributed by atoms with Crippen molar-refractivity contribution in [2.24, 2.45) is 0 Å². The maximum Gasteiger partial charge on any atom is 0.247 e. The molecule has 1 aliphatic carbocycles. The summed E-state index contributed by atoms with van der Waals surface area (Å²) in [7, 11) is 0. The number of pyridine rings is 1. The van der Waals surface area contributed by atoms with Gasteiger partial charge in [-0.2, -0.15) is 10.2 Å². The summed E-state index contributed by atoms with van der Waals surface area (Å²) in [4.78, 5) is 17.2. The maximum absolute atomic E-state index is 13.3. The van der Waals surface area contributed by atoms with Crippen LogP contribution in [0.1, 0.15) is 41.3 Å². The Labute approximate surface area is 189 Å². The van der Waals surface area contributed by atoms with Gasteiger partial charge in [-0.15, -0.1) is 0 Å². The number of amides is 1. The van der Waals surface area contributed by atoms with Crippen LogP contribution in [0, 0.1) is 19.7 Å². The lowest BCUT2D eigenvalue weighted by Crippen LogP contribution is -2.20. The Morgan fingerprint density at radius 1 is 1.19 bits per heavy atom. The summed E-state index contributed by atoms with van der Waals surface area (Å²) in [5.41, 5.74) is 4.48. The van der Waals surface area contributed by atoms with E-state index in [1.807, 2.05) is 13.8 Å². The molecule has 1 saturated carbocycles. The molecule has 164 valence electrons. The summed E-state index contributed by atoms with van der Waals surface area (Å²) in [5.74, 6) is 0.388. The highest BCUT2D eigenvalue weighted by atomic mass is 35.5. The minimum absolute atomic E-state index is 0.0428. The van der Waals surface area contributed by atoms with Gasteiger partial charge in [0.2, 0.25) is 5.91 Å². The Morgan fingerprint density at radius 3 is 2.75 bits per heavy atom. The lowest BCUT2D eigenvalue weighted by molar-refractivity contribution is -0.116. The van der Waals surface area contributed by atoms with Gasteiger partial charge in [-0.05, 0) is 61.9 Å². The molecular weight excluding hydrogens is 431 g/mol. The molecule has 3 aromatic heterocycles. The standard InChI is InChI=1S/C23H22ClFN6O/c1-13-9-20(29-30(13)11-16-5-6-17(25)10-19(16)24)27-21(32)12-31-23-22(14(2)28-31)18(7-8-26-23)15-3-4-15/h5-10,15H,3-4,11-12H2,1-2H3,(H,27,29,32). The molecule has 0 spiro atoms. The van der Waals surface area contributed by atoms with Crippen molar-refractivity contribution in [3.63, 3.8) is 0 Å². The first-order chi connectivity index (χ1) is 15.4. The summed E-state index contributed by atoms with van der Waals surface area (Å²) in [6.07, 6.45) is 4.17. The van der Waals surface area contributed by atoms with Crippen LogP contribution in [0.5, 0.6) is 0 Å². The van der Waals surface area contributed by atoms with Crippen LogP contribution in [0.3, 0.4) is 0 Å². The molecule has 7 nitrogen and oxygen atoms in total. The van der Waals surface area contributed by atoms with E-state index in [0.29, 0.717) is 23.3 Å². The zero-order valence-corrected chi connectivity index (χ0v) is 18.5. The highest BCUT2D eigenvalue weighted by Crippen LogP contribution is 2.43. The molecule has 0 unspecified atom stereocenters. The average molecular weight is 453 g/mol. The molecule has 4 aromatic rings. The van der Waals surface area contributed by atoms with E-state index < -0.39 is 0 Å². The molecule has 9 heteroatoms. The van der Waals surface area contributed by atoms with E-state index in [0.717, 1.165) is 28.0 Å². The highest BCUT2D eigenvalue weighted by Gasteiger charge is 2.27. The number of carbonyl (C=O) groups is 1. The third kappa shape index (κ3) is 3.98. The van der Waals surface area contributed by atoms with E-state index >= 15 is 0 Å². The number of carbonyl (C=O) groups excluding carboxylic acids is 1. The smallest absolute Gasteiger partial charge is 0.247 e. The van der Waals surface area contributed by atoms with Gasteiger partial charge < -0.3 is 5.32 Å². The van der Waals surface area contributed by atoms with Gasteiger partial charge in [0, 0.05) is 28.4 Å². The Morgan fingerprint density at radius 2 is 2.00 bits per heavy atom. The molecule has 0 aliphatic heterocycles. The molecule has 0 saturated heterocycles. The number of nitrogens with zero attached hydrogens (tertiary/aromatic N) is 5. The molecule has 1 amide bonds. The summed E-state index contributed by atoms with van der Waals surface area (Å²) >= 11 is 6.13. The fraction of sp³-hybridized carbons (Fsp3) is 0.304. The normalized spacial score (nSPS) is 13.6. The summed E-state index contributed by atoms with van der Waals surface area (Å²) in [6.45, 7) is 4.25. The molecule has 0 bridgehead atoms. The van der Waals surface area contributed by atoms with Crippen LogP contribution < -0.4 is 5.32 Å². The van der Waals surface area contributed by atoms with E-state index in [9.17, 15) is 9.18 Å². The second-order valence-corrected chi connectivity index (χ2v) is 8.64. The van der Waals surface area contributed by atoms with Crippen LogP contribution >= 0.6 is 11.6 Å². The largest absolute Gasteiger partial charge is 0.308 e. The van der Waals surface area contributed by atoms with Crippen LogP contribution in [-0.4, -0.2) is 30.5 Å². The molecular formula is C23H22ClFN6O. The SMILES string of the molecule is Cc1nn(CC(=O)Nc2cc(C)n(Cc3ccc(F)cc3Cl)n2)c2nccc(C3CC3)c12. The zero-order valence-electron chi connectivity index (χ0n) is 17.8. The maximum atomic E-state index is 13.3. The van der Waals surface area contributed by atoms with Gasteiger partial charge in [0.1, 0.15) is 12.4 Å². The molecule has 1 aliphatic rings. The number of anilines is 1. The van der Waals surface area contributed by atoms with Gasteiger partial charge in [0.05, 0.1) is 12.2 Å². The molecule has 5 rings (SSSR count). The lowest BCUT2D eigenvalue weighted by Gasteiger charge is -2.07. The van der Waals surface area contributed by atoms with Crippen molar-refractivity contribution in [1.29, 1.82) is 0 Å². The fourth-order valence-corrected chi connectivity index (χ4v) is 4.24. The van der Waals surface area contributed by atoms with Crippen LogP contribution in [0.4, 0.5) is 10.2 Å². The van der Waals surface area contributed by atoms with Crippen molar-refractivity contribution in [3.05, 3.63) is 69.9 Å². The summed E-state index contributed by atoms with van der Waals surface area (Å²) in [5, 5.41) is 13.2. The van der Waals surface area contributed by atoms with E-state index in [-0.39, 0.29) is 18.3 Å². The lowest BCUT2D eigenvalue weighted by atomic mass is 10.1. The molecule has 1 aromatic carbocycles. The first-order valence-electron chi connectivity index (χ1n) is 10.5. The van der Waals surface area contributed by atoms with E-state index in [1.165, 1.54) is 30.5 Å². The Balaban J connectivity index is 1.32. The van der Waals surface area contributed by atoms with E-state index in [2.05, 4.69) is 26.6 Å². The predicted octanol–water partition coefficient (Wildman–Crippen LogP) is 4.60. The van der Waals surface area contributed by atoms with Crippen molar-refractivity contribution in [3.8, 4) is 0 Å². The number of halogens is 2. The van der Waals surface area contributed by atoms with Crippen LogP contribution in [0.2, 0.25) is 5.02 Å². The van der Waals surface area contributed by atoms with Crippen molar-refractivity contribution in [1.82, 2.24) is 24.5 Å².